The van der Waals surface area contributed by atoms with Crippen LogP contribution in [0.3, 0.4) is 0 Å². The number of nitrogen functional groups attached to an aromatic ring is 1. The number of hydrogen-bond acceptors (Lipinski definition) is 3. The maximum atomic E-state index is 12.9. The van der Waals surface area contributed by atoms with Crippen molar-refractivity contribution in [2.75, 3.05) is 5.73 Å². The van der Waals surface area contributed by atoms with Crippen molar-refractivity contribution in [1.82, 2.24) is 4.72 Å². The molecule has 0 heterocycles. The molecule has 0 bridgehead atoms. The molecule has 86 valence electrons. The third kappa shape index (κ3) is 2.72. The summed E-state index contributed by atoms with van der Waals surface area (Å²) >= 11 is 0. The van der Waals surface area contributed by atoms with E-state index >= 15 is 0 Å². The average Bonchev–Trinajstić information content (AvgIpc) is 2.20. The van der Waals surface area contributed by atoms with Gasteiger partial charge in [0.15, 0.2) is 0 Å². The van der Waals surface area contributed by atoms with Crippen LogP contribution in [0.2, 0.25) is 0 Å². The molecule has 0 fully saturated rings. The highest BCUT2D eigenvalue weighted by Gasteiger charge is 2.19. The molecule has 3 N–H and O–H groups in total. The lowest BCUT2D eigenvalue weighted by molar-refractivity contribution is 0.574. The highest BCUT2D eigenvalue weighted by Crippen LogP contribution is 2.19. The fourth-order valence-corrected chi connectivity index (χ4v) is 2.38. The van der Waals surface area contributed by atoms with E-state index < -0.39 is 21.9 Å². The van der Waals surface area contributed by atoms with E-state index in [9.17, 15) is 12.8 Å². The van der Waals surface area contributed by atoms with Crippen LogP contribution in [0, 0.1) is 18.2 Å². The van der Waals surface area contributed by atoms with Crippen LogP contribution in [-0.4, -0.2) is 14.5 Å². The number of benzene rings is 1. The highest BCUT2D eigenvalue weighted by molar-refractivity contribution is 7.89. The molecule has 1 atom stereocenters. The molecule has 0 radical (unpaired) electrons. The summed E-state index contributed by atoms with van der Waals surface area (Å²) in [6.07, 6.45) is 5.04. The maximum Gasteiger partial charge on any atom is 0.243 e. The van der Waals surface area contributed by atoms with Gasteiger partial charge in [-0.3, -0.25) is 0 Å². The molecule has 16 heavy (non-hydrogen) atoms. The minimum Gasteiger partial charge on any atom is -0.398 e. The Morgan fingerprint density at radius 2 is 2.19 bits per heavy atom. The first-order valence-corrected chi connectivity index (χ1v) is 5.88. The fraction of sp³-hybridized carbons (Fsp3) is 0.200. The summed E-state index contributed by atoms with van der Waals surface area (Å²) in [4.78, 5) is -0.311. The number of halogens is 1. The molecule has 0 aliphatic rings. The van der Waals surface area contributed by atoms with Crippen molar-refractivity contribution in [3.63, 3.8) is 0 Å². The lowest BCUT2D eigenvalue weighted by Gasteiger charge is -2.10. The van der Waals surface area contributed by atoms with E-state index in [1.54, 1.807) is 0 Å². The molecule has 1 aromatic carbocycles. The van der Waals surface area contributed by atoms with E-state index in [-0.39, 0.29) is 10.6 Å². The van der Waals surface area contributed by atoms with Crippen molar-refractivity contribution >= 4 is 15.7 Å². The molecule has 6 heteroatoms. The summed E-state index contributed by atoms with van der Waals surface area (Å²) in [6, 6.07) is 2.43. The molecule has 0 aliphatic carbocycles. The number of hydrogen-bond donors (Lipinski definition) is 2. The zero-order chi connectivity index (χ0) is 12.3. The molecule has 0 saturated carbocycles. The Bertz CT molecular complexity index is 534. The van der Waals surface area contributed by atoms with Gasteiger partial charge in [0.05, 0.1) is 11.7 Å². The van der Waals surface area contributed by atoms with E-state index in [1.165, 1.54) is 13.0 Å². The van der Waals surface area contributed by atoms with Crippen LogP contribution < -0.4 is 10.5 Å². The van der Waals surface area contributed by atoms with E-state index in [2.05, 4.69) is 10.6 Å². The van der Waals surface area contributed by atoms with Gasteiger partial charge in [-0.2, -0.15) is 4.72 Å². The van der Waals surface area contributed by atoms with Crippen molar-refractivity contribution in [1.29, 1.82) is 0 Å². The molecule has 1 unspecified atom stereocenters. The van der Waals surface area contributed by atoms with Crippen LogP contribution in [0.25, 0.3) is 0 Å². The Morgan fingerprint density at radius 3 is 2.75 bits per heavy atom. The summed E-state index contributed by atoms with van der Waals surface area (Å²) in [6.45, 7) is 1.49. The molecule has 0 spiro atoms. The van der Waals surface area contributed by atoms with Crippen LogP contribution >= 0.6 is 0 Å². The molecule has 4 nitrogen and oxygen atoms in total. The number of rotatable bonds is 3. The predicted octanol–water partition coefficient (Wildman–Crippen LogP) is 0.708. The topological polar surface area (TPSA) is 72.2 Å². The average molecular weight is 242 g/mol. The summed E-state index contributed by atoms with van der Waals surface area (Å²) in [5.74, 6) is 1.52. The van der Waals surface area contributed by atoms with Gasteiger partial charge >= 0.3 is 0 Å². The Morgan fingerprint density at radius 1 is 1.56 bits per heavy atom. The lowest BCUT2D eigenvalue weighted by Crippen LogP contribution is -2.31. The number of nitrogens with two attached hydrogens (primary N) is 1. The monoisotopic (exact) mass is 242 g/mol. The zero-order valence-corrected chi connectivity index (χ0v) is 9.38. The van der Waals surface area contributed by atoms with Crippen LogP contribution in [-0.2, 0) is 10.0 Å². The molecule has 0 amide bonds. The summed E-state index contributed by atoms with van der Waals surface area (Å²) < 4.78 is 38.5. The van der Waals surface area contributed by atoms with E-state index in [0.29, 0.717) is 0 Å². The van der Waals surface area contributed by atoms with Crippen molar-refractivity contribution in [2.45, 2.75) is 17.9 Å². The fourth-order valence-electron chi connectivity index (χ4n) is 1.07. The van der Waals surface area contributed by atoms with Gasteiger partial charge in [-0.1, -0.05) is 5.92 Å². The second-order valence-corrected chi connectivity index (χ2v) is 4.87. The molecular weight excluding hydrogens is 231 g/mol. The van der Waals surface area contributed by atoms with Gasteiger partial charge in [0, 0.05) is 0 Å². The second kappa shape index (κ2) is 4.51. The minimum atomic E-state index is -3.88. The van der Waals surface area contributed by atoms with Gasteiger partial charge < -0.3 is 5.73 Å². The quantitative estimate of drug-likeness (QED) is 0.605. The minimum absolute atomic E-state index is 0.0295. The van der Waals surface area contributed by atoms with Crippen LogP contribution in [0.5, 0.6) is 0 Å². The second-order valence-electron chi connectivity index (χ2n) is 3.19. The number of nitrogens with one attached hydrogen (secondary N) is 1. The molecular formula is C10H11FN2O2S. The third-order valence-electron chi connectivity index (χ3n) is 1.85. The van der Waals surface area contributed by atoms with E-state index in [4.69, 9.17) is 12.2 Å². The first-order chi connectivity index (χ1) is 7.36. The molecule has 0 aliphatic heterocycles. The predicted molar refractivity (Wildman–Crippen MR) is 59.4 cm³/mol. The number of terminal acetylenes is 1. The van der Waals surface area contributed by atoms with Crippen molar-refractivity contribution in [2.24, 2.45) is 0 Å². The van der Waals surface area contributed by atoms with Gasteiger partial charge in [0.2, 0.25) is 10.0 Å². The SMILES string of the molecule is C#CC(C)NS(=O)(=O)c1cc(F)ccc1N. The lowest BCUT2D eigenvalue weighted by atomic mass is 10.3. The molecule has 1 aromatic rings. The van der Waals surface area contributed by atoms with Crippen molar-refractivity contribution in [3.8, 4) is 12.3 Å². The van der Waals surface area contributed by atoms with Gasteiger partial charge in [0.1, 0.15) is 10.7 Å². The standard InChI is InChI=1S/C10H11FN2O2S/c1-3-7(2)13-16(14,15)10-6-8(11)4-5-9(10)12/h1,4-7,13H,12H2,2H3. The van der Waals surface area contributed by atoms with Gasteiger partial charge in [-0.25, -0.2) is 12.8 Å². The van der Waals surface area contributed by atoms with E-state index in [0.717, 1.165) is 12.1 Å². The van der Waals surface area contributed by atoms with Crippen LogP contribution in [0.15, 0.2) is 23.1 Å². The molecule has 0 saturated heterocycles. The zero-order valence-electron chi connectivity index (χ0n) is 8.57. The Balaban J connectivity index is 3.18. The smallest absolute Gasteiger partial charge is 0.243 e. The summed E-state index contributed by atoms with van der Waals surface area (Å²) in [7, 11) is -3.88. The Labute approximate surface area is 93.7 Å². The highest BCUT2D eigenvalue weighted by atomic mass is 32.2. The molecule has 0 aromatic heterocycles. The van der Waals surface area contributed by atoms with E-state index in [1.807, 2.05) is 0 Å². The van der Waals surface area contributed by atoms with Gasteiger partial charge in [0.25, 0.3) is 0 Å². The van der Waals surface area contributed by atoms with Crippen LogP contribution in [0.4, 0.5) is 10.1 Å². The van der Waals surface area contributed by atoms with Crippen molar-refractivity contribution in [3.05, 3.63) is 24.0 Å². The Kier molecular flexibility index (Phi) is 3.52. The summed E-state index contributed by atoms with van der Waals surface area (Å²) in [5, 5.41) is 0. The third-order valence-corrected chi connectivity index (χ3v) is 3.44. The first-order valence-electron chi connectivity index (χ1n) is 4.40. The number of sulfonamides is 1. The maximum absolute atomic E-state index is 12.9. The first kappa shape index (κ1) is 12.5. The van der Waals surface area contributed by atoms with Crippen LogP contribution in [0.1, 0.15) is 6.92 Å². The van der Waals surface area contributed by atoms with Gasteiger partial charge in [-0.15, -0.1) is 6.42 Å². The largest absolute Gasteiger partial charge is 0.398 e. The summed E-state index contributed by atoms with van der Waals surface area (Å²) in [5.41, 5.74) is 5.43. The normalized spacial score (nSPS) is 13.1. The molecule has 1 rings (SSSR count). The van der Waals surface area contributed by atoms with Crippen molar-refractivity contribution < 1.29 is 12.8 Å². The van der Waals surface area contributed by atoms with Gasteiger partial charge in [-0.05, 0) is 25.1 Å². The number of anilines is 1. The Hall–Kier alpha value is -1.58.